The molecule has 1 aliphatic heterocycles. The van der Waals surface area contributed by atoms with E-state index in [9.17, 15) is 9.18 Å². The minimum absolute atomic E-state index is 0.433. The van der Waals surface area contributed by atoms with Crippen LogP contribution in [-0.4, -0.2) is 64.0 Å². The smallest absolute Gasteiger partial charge is 0.250 e. The SMILES string of the molecule is C/C(F)=C\C(=O)Nc1ccnc(-c2cccc3cnc(Nc4ccc(N5CCN(C)CC5)nc4)nc23)c1. The first-order valence-electron chi connectivity index (χ1n) is 12.0. The van der Waals surface area contributed by atoms with Crippen molar-refractivity contribution in [1.29, 1.82) is 0 Å². The van der Waals surface area contributed by atoms with Crippen LogP contribution in [0.4, 0.5) is 27.5 Å². The first-order chi connectivity index (χ1) is 17.9. The molecular formula is C27H27FN8O. The maximum Gasteiger partial charge on any atom is 0.250 e. The van der Waals surface area contributed by atoms with Crippen LogP contribution in [0.3, 0.4) is 0 Å². The highest BCUT2D eigenvalue weighted by molar-refractivity contribution is 6.00. The van der Waals surface area contributed by atoms with Crippen LogP contribution in [0, 0.1) is 0 Å². The van der Waals surface area contributed by atoms with Crippen LogP contribution in [0.25, 0.3) is 22.2 Å². The largest absolute Gasteiger partial charge is 0.354 e. The maximum absolute atomic E-state index is 13.0. The van der Waals surface area contributed by atoms with E-state index < -0.39 is 11.7 Å². The Morgan fingerprint density at radius 3 is 2.59 bits per heavy atom. The van der Waals surface area contributed by atoms with Crippen molar-refractivity contribution >= 4 is 40.0 Å². The Hall–Kier alpha value is -4.44. The van der Waals surface area contributed by atoms with Crippen molar-refractivity contribution in [3.8, 4) is 11.3 Å². The number of carbonyl (C=O) groups excluding carboxylic acids is 1. The number of anilines is 4. The maximum atomic E-state index is 13.0. The Balaban J connectivity index is 1.38. The van der Waals surface area contributed by atoms with Gasteiger partial charge in [0.15, 0.2) is 0 Å². The number of allylic oxidation sites excluding steroid dienone is 1. The predicted molar refractivity (Wildman–Crippen MR) is 143 cm³/mol. The van der Waals surface area contributed by atoms with Crippen molar-refractivity contribution < 1.29 is 9.18 Å². The molecule has 1 aromatic carbocycles. The Labute approximate surface area is 214 Å². The lowest BCUT2D eigenvalue weighted by molar-refractivity contribution is -0.112. The number of pyridine rings is 2. The van der Waals surface area contributed by atoms with Gasteiger partial charge in [-0.25, -0.2) is 19.3 Å². The molecule has 3 aromatic heterocycles. The van der Waals surface area contributed by atoms with Gasteiger partial charge in [0.2, 0.25) is 5.95 Å². The fourth-order valence-electron chi connectivity index (χ4n) is 4.15. The Morgan fingerprint density at radius 1 is 1.00 bits per heavy atom. The summed E-state index contributed by atoms with van der Waals surface area (Å²) < 4.78 is 13.0. The van der Waals surface area contributed by atoms with Gasteiger partial charge in [-0.15, -0.1) is 0 Å². The molecule has 0 radical (unpaired) electrons. The number of fused-ring (bicyclic) bond motifs is 1. The second kappa shape index (κ2) is 10.7. The minimum Gasteiger partial charge on any atom is -0.354 e. The molecule has 0 atom stereocenters. The zero-order valence-electron chi connectivity index (χ0n) is 20.6. The quantitative estimate of drug-likeness (QED) is 0.378. The number of amides is 1. The van der Waals surface area contributed by atoms with Gasteiger partial charge in [0.25, 0.3) is 5.91 Å². The highest BCUT2D eigenvalue weighted by atomic mass is 19.1. The number of nitrogens with zero attached hydrogens (tertiary/aromatic N) is 6. The summed E-state index contributed by atoms with van der Waals surface area (Å²) in [6.45, 7) is 5.17. The molecule has 1 amide bonds. The molecule has 0 aliphatic carbocycles. The van der Waals surface area contributed by atoms with Gasteiger partial charge in [-0.1, -0.05) is 18.2 Å². The lowest BCUT2D eigenvalue weighted by Gasteiger charge is -2.33. The number of carbonyl (C=O) groups is 1. The Kier molecular flexibility index (Phi) is 7.00. The van der Waals surface area contributed by atoms with E-state index in [0.29, 0.717) is 22.8 Å². The summed E-state index contributed by atoms with van der Waals surface area (Å²) in [6.07, 6.45) is 6.02. The fraction of sp³-hybridized carbons (Fsp3) is 0.222. The summed E-state index contributed by atoms with van der Waals surface area (Å²) >= 11 is 0. The third-order valence-corrected chi connectivity index (χ3v) is 6.08. The van der Waals surface area contributed by atoms with E-state index in [-0.39, 0.29) is 0 Å². The van der Waals surface area contributed by atoms with Crippen LogP contribution in [0.5, 0.6) is 0 Å². The third kappa shape index (κ3) is 5.87. The molecule has 0 saturated carbocycles. The molecule has 10 heteroatoms. The van der Waals surface area contributed by atoms with Gasteiger partial charge in [-0.3, -0.25) is 9.78 Å². The number of benzene rings is 1. The minimum atomic E-state index is -0.568. The summed E-state index contributed by atoms with van der Waals surface area (Å²) in [4.78, 5) is 34.8. The molecule has 4 aromatic rings. The predicted octanol–water partition coefficient (Wildman–Crippen LogP) is 4.39. The van der Waals surface area contributed by atoms with E-state index in [1.54, 1.807) is 30.7 Å². The lowest BCUT2D eigenvalue weighted by atomic mass is 10.1. The van der Waals surface area contributed by atoms with Crippen molar-refractivity contribution in [2.45, 2.75) is 6.92 Å². The van der Waals surface area contributed by atoms with E-state index in [1.165, 1.54) is 6.92 Å². The van der Waals surface area contributed by atoms with Gasteiger partial charge >= 0.3 is 0 Å². The zero-order valence-corrected chi connectivity index (χ0v) is 20.6. The van der Waals surface area contributed by atoms with Crippen molar-refractivity contribution in [3.05, 3.63) is 73.0 Å². The lowest BCUT2D eigenvalue weighted by Crippen LogP contribution is -2.44. The monoisotopic (exact) mass is 498 g/mol. The number of hydrogen-bond donors (Lipinski definition) is 2. The summed E-state index contributed by atoms with van der Waals surface area (Å²) in [5, 5.41) is 6.74. The van der Waals surface area contributed by atoms with E-state index in [0.717, 1.165) is 54.7 Å². The van der Waals surface area contributed by atoms with Gasteiger partial charge in [-0.2, -0.15) is 0 Å². The van der Waals surface area contributed by atoms with E-state index in [4.69, 9.17) is 4.98 Å². The Morgan fingerprint density at radius 2 is 1.84 bits per heavy atom. The van der Waals surface area contributed by atoms with Crippen LogP contribution in [-0.2, 0) is 4.79 Å². The number of rotatable bonds is 6. The first kappa shape index (κ1) is 24.3. The average molecular weight is 499 g/mol. The average Bonchev–Trinajstić information content (AvgIpc) is 2.89. The number of piperazine rings is 1. The molecule has 0 bridgehead atoms. The van der Waals surface area contributed by atoms with Gasteiger partial charge < -0.3 is 20.4 Å². The van der Waals surface area contributed by atoms with Crippen molar-refractivity contribution in [2.75, 3.05) is 48.8 Å². The van der Waals surface area contributed by atoms with Crippen LogP contribution in [0.15, 0.2) is 73.0 Å². The summed E-state index contributed by atoms with van der Waals surface area (Å²) in [7, 11) is 2.13. The van der Waals surface area contributed by atoms with Crippen LogP contribution in [0.1, 0.15) is 6.92 Å². The van der Waals surface area contributed by atoms with Gasteiger partial charge in [0, 0.05) is 61.3 Å². The highest BCUT2D eigenvalue weighted by Gasteiger charge is 2.15. The third-order valence-electron chi connectivity index (χ3n) is 6.08. The summed E-state index contributed by atoms with van der Waals surface area (Å²) in [5.41, 5.74) is 3.39. The fourth-order valence-corrected chi connectivity index (χ4v) is 4.15. The molecule has 0 unspecified atom stereocenters. The second-order valence-corrected chi connectivity index (χ2v) is 8.91. The number of aromatic nitrogens is 4. The Bertz CT molecular complexity index is 1440. The zero-order chi connectivity index (χ0) is 25.8. The number of para-hydroxylation sites is 1. The van der Waals surface area contributed by atoms with Gasteiger partial charge in [-0.05, 0) is 38.2 Å². The molecule has 1 aliphatic rings. The van der Waals surface area contributed by atoms with E-state index in [1.807, 2.05) is 30.3 Å². The molecule has 5 rings (SSSR count). The standard InChI is InChI=1S/C27H27FN8O/c1-18(28)14-25(37)32-20-8-9-29-23(15-20)22-5-3-4-19-16-31-27(34-26(19)22)33-21-6-7-24(30-17-21)36-12-10-35(2)11-13-36/h3-9,14-17H,10-13H2,1-2H3,(H,29,32,37)(H,31,33,34)/b18-14+. The normalized spacial score (nSPS) is 14.6. The van der Waals surface area contributed by atoms with Crippen LogP contribution >= 0.6 is 0 Å². The number of hydrogen-bond acceptors (Lipinski definition) is 8. The van der Waals surface area contributed by atoms with Gasteiger partial charge in [0.1, 0.15) is 11.6 Å². The number of likely N-dealkylation sites (N-methyl/N-ethyl adjacent to an activating group) is 1. The van der Waals surface area contributed by atoms with Crippen molar-refractivity contribution in [2.24, 2.45) is 0 Å². The highest BCUT2D eigenvalue weighted by Crippen LogP contribution is 2.28. The first-order valence-corrected chi connectivity index (χ1v) is 12.0. The molecule has 0 spiro atoms. The topological polar surface area (TPSA) is 99.2 Å². The van der Waals surface area contributed by atoms with Crippen LogP contribution in [0.2, 0.25) is 0 Å². The summed E-state index contributed by atoms with van der Waals surface area (Å²) in [6, 6.07) is 13.1. The molecule has 1 fully saturated rings. The molecular weight excluding hydrogens is 471 g/mol. The molecule has 9 nitrogen and oxygen atoms in total. The van der Waals surface area contributed by atoms with Gasteiger partial charge in [0.05, 0.1) is 23.1 Å². The molecule has 2 N–H and O–H groups in total. The molecule has 4 heterocycles. The van der Waals surface area contributed by atoms with Crippen molar-refractivity contribution in [1.82, 2.24) is 24.8 Å². The number of nitrogens with one attached hydrogen (secondary N) is 2. The molecule has 37 heavy (non-hydrogen) atoms. The van der Waals surface area contributed by atoms with E-state index in [2.05, 4.69) is 42.4 Å². The van der Waals surface area contributed by atoms with E-state index >= 15 is 0 Å². The second-order valence-electron chi connectivity index (χ2n) is 8.91. The van der Waals surface area contributed by atoms with Crippen molar-refractivity contribution in [3.63, 3.8) is 0 Å². The summed E-state index contributed by atoms with van der Waals surface area (Å²) in [5.74, 6) is 0.274. The molecule has 188 valence electrons. The molecule has 1 saturated heterocycles. The number of halogens is 1. The van der Waals surface area contributed by atoms with Crippen LogP contribution < -0.4 is 15.5 Å².